The van der Waals surface area contributed by atoms with Gasteiger partial charge in [0.15, 0.2) is 5.78 Å². The number of carbonyl (C=O) groups is 1. The van der Waals surface area contributed by atoms with Crippen molar-refractivity contribution in [2.24, 2.45) is 0 Å². The zero-order valence-electron chi connectivity index (χ0n) is 11.8. The van der Waals surface area contributed by atoms with Crippen LogP contribution in [-0.4, -0.2) is 50.8 Å². The van der Waals surface area contributed by atoms with E-state index in [1.165, 1.54) is 6.20 Å². The highest BCUT2D eigenvalue weighted by atomic mass is 35.5. The van der Waals surface area contributed by atoms with Gasteiger partial charge in [-0.1, -0.05) is 25.4 Å². The third kappa shape index (κ3) is 3.53. The molecule has 3 atom stereocenters. The van der Waals surface area contributed by atoms with Gasteiger partial charge < -0.3 is 4.74 Å². The molecule has 1 aromatic rings. The van der Waals surface area contributed by atoms with Crippen LogP contribution in [0.3, 0.4) is 0 Å². The molecule has 0 aromatic carbocycles. The smallest absolute Gasteiger partial charge is 0.196 e. The molecule has 0 amide bonds. The number of aromatic nitrogens is 2. The maximum absolute atomic E-state index is 12.7. The quantitative estimate of drug-likeness (QED) is 0.774. The van der Waals surface area contributed by atoms with Crippen molar-refractivity contribution in [1.29, 1.82) is 0 Å². The van der Waals surface area contributed by atoms with Crippen LogP contribution in [0.5, 0.6) is 0 Å². The highest BCUT2D eigenvalue weighted by Gasteiger charge is 2.33. The van der Waals surface area contributed by atoms with Crippen molar-refractivity contribution in [1.82, 2.24) is 9.78 Å². The topological polar surface area (TPSA) is 44.1 Å². The molecule has 1 aliphatic rings. The third-order valence-corrected chi connectivity index (χ3v) is 7.04. The Kier molecular flexibility index (Phi) is 5.84. The van der Waals surface area contributed by atoms with Crippen LogP contribution in [0.4, 0.5) is 0 Å². The molecule has 0 bridgehead atoms. The van der Waals surface area contributed by atoms with Crippen LogP contribution in [0.2, 0.25) is 5.02 Å². The highest BCUT2D eigenvalue weighted by Crippen LogP contribution is 2.37. The first-order valence-electron chi connectivity index (χ1n) is 6.56. The number of carbonyl (C=O) groups excluding carboxylic acids is 1. The lowest BCUT2D eigenvalue weighted by Gasteiger charge is -2.30. The lowest BCUT2D eigenvalue weighted by molar-refractivity contribution is 0.0981. The Balaban J connectivity index is 2.14. The molecule has 1 aromatic heterocycles. The summed E-state index contributed by atoms with van der Waals surface area (Å²) in [5.74, 6) is 0.917. The van der Waals surface area contributed by atoms with Gasteiger partial charge in [0.1, 0.15) is 5.69 Å². The van der Waals surface area contributed by atoms with E-state index in [0.29, 0.717) is 34.4 Å². The van der Waals surface area contributed by atoms with Gasteiger partial charge in [0.25, 0.3) is 0 Å². The monoisotopic (exact) mass is 334 g/mol. The number of nitrogens with zero attached hydrogens (tertiary/aromatic N) is 2. The van der Waals surface area contributed by atoms with Crippen molar-refractivity contribution >= 4 is 40.9 Å². The average Bonchev–Trinajstić information content (AvgIpc) is 2.80. The Morgan fingerprint density at radius 3 is 2.95 bits per heavy atom. The van der Waals surface area contributed by atoms with Crippen molar-refractivity contribution in [2.75, 3.05) is 19.5 Å². The lowest BCUT2D eigenvalue weighted by Crippen LogP contribution is -2.33. The van der Waals surface area contributed by atoms with Crippen molar-refractivity contribution in [3.05, 3.63) is 16.9 Å². The van der Waals surface area contributed by atoms with E-state index in [0.717, 1.165) is 5.75 Å². The van der Waals surface area contributed by atoms with E-state index in [-0.39, 0.29) is 11.0 Å². The Hall–Kier alpha value is -0.170. The fourth-order valence-electron chi connectivity index (χ4n) is 2.03. The Morgan fingerprint density at radius 2 is 2.30 bits per heavy atom. The molecular weight excluding hydrogens is 316 g/mol. The van der Waals surface area contributed by atoms with E-state index >= 15 is 0 Å². The minimum absolute atomic E-state index is 0.0401. The number of ketones is 1. The highest BCUT2D eigenvalue weighted by molar-refractivity contribution is 8.08. The van der Waals surface area contributed by atoms with Gasteiger partial charge in [-0.05, 0) is 0 Å². The summed E-state index contributed by atoms with van der Waals surface area (Å²) in [6, 6.07) is 0. The second kappa shape index (κ2) is 7.20. The van der Waals surface area contributed by atoms with Gasteiger partial charge in [-0.25, -0.2) is 0 Å². The minimum atomic E-state index is -0.0401. The summed E-state index contributed by atoms with van der Waals surface area (Å²) in [6.07, 6.45) is 1.54. The largest absolute Gasteiger partial charge is 0.383 e. The van der Waals surface area contributed by atoms with E-state index in [1.807, 2.05) is 11.8 Å². The van der Waals surface area contributed by atoms with Gasteiger partial charge in [-0.15, -0.1) is 11.8 Å². The Morgan fingerprint density at radius 1 is 1.55 bits per heavy atom. The second-order valence-corrected chi connectivity index (χ2v) is 8.19. The third-order valence-electron chi connectivity index (χ3n) is 3.38. The molecule has 1 fully saturated rings. The number of Topliss-reactive ketones (excluding diaryl/α,β-unsaturated/α-hetero) is 1. The summed E-state index contributed by atoms with van der Waals surface area (Å²) < 4.78 is 6.70. The van der Waals surface area contributed by atoms with E-state index in [4.69, 9.17) is 16.3 Å². The summed E-state index contributed by atoms with van der Waals surface area (Å²) in [7, 11) is 1.63. The predicted octanol–water partition coefficient (Wildman–Crippen LogP) is 2.99. The first kappa shape index (κ1) is 16.2. The number of thioether (sulfide) groups is 2. The summed E-state index contributed by atoms with van der Waals surface area (Å²) in [5, 5.41) is 5.61. The molecule has 20 heavy (non-hydrogen) atoms. The molecular formula is C13H19ClN2O2S2. The van der Waals surface area contributed by atoms with E-state index < -0.39 is 0 Å². The molecule has 0 saturated carbocycles. The Bertz CT molecular complexity index is 481. The maximum Gasteiger partial charge on any atom is 0.196 e. The van der Waals surface area contributed by atoms with Crippen LogP contribution in [-0.2, 0) is 11.3 Å². The van der Waals surface area contributed by atoms with E-state index in [9.17, 15) is 4.79 Å². The molecule has 0 spiro atoms. The first-order chi connectivity index (χ1) is 9.54. The van der Waals surface area contributed by atoms with Crippen molar-refractivity contribution in [3.8, 4) is 0 Å². The van der Waals surface area contributed by atoms with Crippen molar-refractivity contribution in [3.63, 3.8) is 0 Å². The molecule has 1 saturated heterocycles. The molecule has 2 heterocycles. The summed E-state index contributed by atoms with van der Waals surface area (Å²) in [4.78, 5) is 12.7. The Labute approximate surface area is 133 Å². The zero-order chi connectivity index (χ0) is 14.7. The summed E-state index contributed by atoms with van der Waals surface area (Å²) in [5.41, 5.74) is 0.517. The normalized spacial score (nSPS) is 26.7. The van der Waals surface area contributed by atoms with Gasteiger partial charge in [0, 0.05) is 23.4 Å². The molecule has 0 aliphatic carbocycles. The summed E-state index contributed by atoms with van der Waals surface area (Å²) in [6.45, 7) is 5.43. The van der Waals surface area contributed by atoms with Crippen molar-refractivity contribution in [2.45, 2.75) is 36.1 Å². The fourth-order valence-corrected chi connectivity index (χ4v) is 5.12. The number of halogens is 1. The van der Waals surface area contributed by atoms with Crippen molar-refractivity contribution < 1.29 is 9.53 Å². The zero-order valence-corrected chi connectivity index (χ0v) is 14.2. The number of ether oxygens (including phenoxy) is 1. The van der Waals surface area contributed by atoms with Crippen LogP contribution < -0.4 is 0 Å². The number of hydrogen-bond acceptors (Lipinski definition) is 5. The molecule has 4 nitrogen and oxygen atoms in total. The van der Waals surface area contributed by atoms with Gasteiger partial charge in [-0.3, -0.25) is 9.48 Å². The van der Waals surface area contributed by atoms with Crippen LogP contribution >= 0.6 is 35.1 Å². The number of rotatable bonds is 5. The number of hydrogen-bond donors (Lipinski definition) is 0. The molecule has 1 aliphatic heterocycles. The minimum Gasteiger partial charge on any atom is -0.383 e. The standard InChI is InChI=1S/C13H19ClN2O2S2/c1-8-9(2)20-11(7-19-8)13(17)12-10(14)6-15-16(12)4-5-18-3/h6,8-9,11H,4-5,7H2,1-3H3. The molecule has 7 heteroatoms. The van der Waals surface area contributed by atoms with E-state index in [2.05, 4.69) is 18.9 Å². The molecule has 112 valence electrons. The molecule has 2 rings (SSSR count). The van der Waals surface area contributed by atoms with Crippen LogP contribution in [0.25, 0.3) is 0 Å². The van der Waals surface area contributed by atoms with Gasteiger partial charge in [0.2, 0.25) is 0 Å². The van der Waals surface area contributed by atoms with Crippen LogP contribution in [0, 0.1) is 0 Å². The van der Waals surface area contributed by atoms with Crippen LogP contribution in [0.1, 0.15) is 24.3 Å². The van der Waals surface area contributed by atoms with Gasteiger partial charge >= 0.3 is 0 Å². The molecule has 0 radical (unpaired) electrons. The first-order valence-corrected chi connectivity index (χ1v) is 8.93. The summed E-state index contributed by atoms with van der Waals surface area (Å²) >= 11 is 9.73. The maximum atomic E-state index is 12.7. The predicted molar refractivity (Wildman–Crippen MR) is 86.2 cm³/mol. The second-order valence-electron chi connectivity index (χ2n) is 4.79. The lowest BCUT2D eigenvalue weighted by atomic mass is 10.2. The number of methoxy groups -OCH3 is 1. The molecule has 3 unspecified atom stereocenters. The van der Waals surface area contributed by atoms with Gasteiger partial charge in [0.05, 0.1) is 29.6 Å². The van der Waals surface area contributed by atoms with Gasteiger partial charge in [-0.2, -0.15) is 16.9 Å². The SMILES string of the molecule is COCCn1ncc(Cl)c1C(=O)C1CSC(C)C(C)S1. The van der Waals surface area contributed by atoms with Crippen LogP contribution in [0.15, 0.2) is 6.20 Å². The fraction of sp³-hybridized carbons (Fsp3) is 0.692. The van der Waals surface area contributed by atoms with E-state index in [1.54, 1.807) is 23.6 Å². The molecule has 0 N–H and O–H groups in total. The average molecular weight is 335 g/mol.